The van der Waals surface area contributed by atoms with Gasteiger partial charge in [-0.05, 0) is 12.8 Å². The number of hydrogen-bond donors (Lipinski definition) is 0. The molecule has 3 nitrogen and oxygen atoms in total. The molecule has 0 aromatic carbocycles. The van der Waals surface area contributed by atoms with Crippen LogP contribution in [0, 0.1) is 0 Å². The zero-order chi connectivity index (χ0) is 27.1. The van der Waals surface area contributed by atoms with Crippen molar-refractivity contribution in [2.75, 3.05) is 0 Å². The molecular weight excluding hydrogens is 481 g/mol. The number of esters is 2. The van der Waals surface area contributed by atoms with Gasteiger partial charge in [0.2, 0.25) is 0 Å². The number of carbonyl (C=O) groups is 2. The van der Waals surface area contributed by atoms with Crippen LogP contribution in [0.2, 0.25) is 0 Å². The monoisotopic (exact) mass is 549 g/mol. The summed E-state index contributed by atoms with van der Waals surface area (Å²) >= 11 is 0. The Kier molecular flexibility index (Phi) is 36.8. The number of ether oxygens (including phenoxy) is 1. The van der Waals surface area contributed by atoms with Crippen molar-refractivity contribution in [1.82, 2.24) is 0 Å². The van der Waals surface area contributed by atoms with Gasteiger partial charge < -0.3 is 4.74 Å². The van der Waals surface area contributed by atoms with Crippen molar-refractivity contribution < 1.29 is 14.3 Å². The molecular formula is C34H68MgO3. The highest BCUT2D eigenvalue weighted by molar-refractivity contribution is 5.85. The van der Waals surface area contributed by atoms with Crippen molar-refractivity contribution in [3.63, 3.8) is 0 Å². The van der Waals surface area contributed by atoms with Gasteiger partial charge in [0.25, 0.3) is 0 Å². The average Bonchev–Trinajstić information content (AvgIpc) is 2.89. The Morgan fingerprint density at radius 2 is 0.526 bits per heavy atom. The minimum absolute atomic E-state index is 0. The van der Waals surface area contributed by atoms with E-state index in [1.807, 2.05) is 0 Å². The molecule has 0 aliphatic heterocycles. The van der Waals surface area contributed by atoms with E-state index in [0.29, 0.717) is 12.8 Å². The summed E-state index contributed by atoms with van der Waals surface area (Å²) in [4.78, 5) is 23.8. The highest BCUT2D eigenvalue weighted by atomic mass is 24.3. The maximum absolute atomic E-state index is 11.9. The van der Waals surface area contributed by atoms with Crippen LogP contribution < -0.4 is 0 Å². The molecule has 38 heavy (non-hydrogen) atoms. The summed E-state index contributed by atoms with van der Waals surface area (Å²) in [7, 11) is 0. The average molecular weight is 549 g/mol. The van der Waals surface area contributed by atoms with Gasteiger partial charge in [0.1, 0.15) is 0 Å². The molecule has 0 aliphatic rings. The first-order chi connectivity index (χ1) is 18.2. The van der Waals surface area contributed by atoms with Crippen molar-refractivity contribution in [2.24, 2.45) is 0 Å². The Hall–Kier alpha value is -0.0938. The largest absolute Gasteiger partial charge is 0.393 e. The number of hydrogen-bond acceptors (Lipinski definition) is 3. The first-order valence-electron chi connectivity index (χ1n) is 16.9. The highest BCUT2D eigenvalue weighted by Gasteiger charge is 2.09. The molecule has 0 N–H and O–H groups in total. The van der Waals surface area contributed by atoms with Crippen molar-refractivity contribution >= 4 is 35.0 Å². The Morgan fingerprint density at radius 3 is 0.737 bits per heavy atom. The molecule has 0 saturated heterocycles. The van der Waals surface area contributed by atoms with Gasteiger partial charge in [-0.3, -0.25) is 9.59 Å². The summed E-state index contributed by atoms with van der Waals surface area (Å²) in [6, 6.07) is 0. The SMILES string of the molecule is CCCCCCCCCCCCCCCCCC(=O)OC(=O)CCCCCCCCCCCCCCC.[MgH2]. The molecule has 0 saturated carbocycles. The lowest BCUT2D eigenvalue weighted by molar-refractivity contribution is -0.159. The third kappa shape index (κ3) is 33.9. The number of unbranched alkanes of at least 4 members (excludes halogenated alkanes) is 26. The van der Waals surface area contributed by atoms with Crippen LogP contribution in [0.1, 0.15) is 206 Å². The molecule has 0 heterocycles. The lowest BCUT2D eigenvalue weighted by Crippen LogP contribution is -2.11. The quantitative estimate of drug-likeness (QED) is 0.0388. The lowest BCUT2D eigenvalue weighted by Gasteiger charge is -2.05. The van der Waals surface area contributed by atoms with Crippen molar-refractivity contribution in [2.45, 2.75) is 206 Å². The molecule has 0 fully saturated rings. The molecule has 0 aliphatic carbocycles. The predicted molar refractivity (Wildman–Crippen MR) is 170 cm³/mol. The molecule has 0 aromatic heterocycles. The first kappa shape index (κ1) is 40.0. The fraction of sp³-hybridized carbons (Fsp3) is 0.941. The molecule has 0 unspecified atom stereocenters. The van der Waals surface area contributed by atoms with Gasteiger partial charge in [-0.1, -0.05) is 181 Å². The van der Waals surface area contributed by atoms with Gasteiger partial charge in [0.05, 0.1) is 0 Å². The van der Waals surface area contributed by atoms with Crippen LogP contribution in [0.5, 0.6) is 0 Å². The lowest BCUT2D eigenvalue weighted by atomic mass is 10.0. The van der Waals surface area contributed by atoms with Crippen LogP contribution in [0.4, 0.5) is 0 Å². The minimum Gasteiger partial charge on any atom is -0.393 e. The highest BCUT2D eigenvalue weighted by Crippen LogP contribution is 2.15. The standard InChI is InChI=1S/C34H66O3.Mg.2H/c1-3-5-7-9-11-13-15-17-18-20-22-24-26-28-30-32-34(36)37-33(35)31-29-27-25-23-21-19-16-14-12-10-8-6-4-2;;;/h3-32H2,1-2H3;;;. The molecule has 0 aromatic rings. The van der Waals surface area contributed by atoms with Crippen LogP contribution in [0.25, 0.3) is 0 Å². The van der Waals surface area contributed by atoms with Crippen LogP contribution in [0.15, 0.2) is 0 Å². The van der Waals surface area contributed by atoms with E-state index in [0.717, 1.165) is 25.7 Å². The summed E-state index contributed by atoms with van der Waals surface area (Å²) in [6.45, 7) is 4.55. The molecule has 0 bridgehead atoms. The smallest absolute Gasteiger partial charge is 0.316 e. The summed E-state index contributed by atoms with van der Waals surface area (Å²) in [5.74, 6) is -0.650. The second-order valence-electron chi connectivity index (χ2n) is 11.5. The van der Waals surface area contributed by atoms with Crippen LogP contribution in [0.3, 0.4) is 0 Å². The maximum Gasteiger partial charge on any atom is 0.316 e. The molecule has 0 spiro atoms. The van der Waals surface area contributed by atoms with Gasteiger partial charge in [-0.25, -0.2) is 0 Å². The van der Waals surface area contributed by atoms with E-state index in [9.17, 15) is 9.59 Å². The summed E-state index contributed by atoms with van der Waals surface area (Å²) < 4.78 is 5.00. The topological polar surface area (TPSA) is 43.4 Å². The molecule has 0 radical (unpaired) electrons. The first-order valence-corrected chi connectivity index (χ1v) is 16.9. The van der Waals surface area contributed by atoms with Gasteiger partial charge in [0.15, 0.2) is 0 Å². The molecule has 0 atom stereocenters. The summed E-state index contributed by atoms with van der Waals surface area (Å²) in [6.07, 6.45) is 37.2. The van der Waals surface area contributed by atoms with Crippen LogP contribution >= 0.6 is 0 Å². The van der Waals surface area contributed by atoms with E-state index in [1.165, 1.54) is 154 Å². The van der Waals surface area contributed by atoms with Crippen LogP contribution in [-0.2, 0) is 14.3 Å². The van der Waals surface area contributed by atoms with Crippen molar-refractivity contribution in [1.29, 1.82) is 0 Å². The van der Waals surface area contributed by atoms with E-state index < -0.39 is 0 Å². The fourth-order valence-electron chi connectivity index (χ4n) is 5.16. The maximum atomic E-state index is 11.9. The van der Waals surface area contributed by atoms with E-state index in [-0.39, 0.29) is 35.0 Å². The van der Waals surface area contributed by atoms with Gasteiger partial charge >= 0.3 is 35.0 Å². The Morgan fingerprint density at radius 1 is 0.342 bits per heavy atom. The summed E-state index contributed by atoms with van der Waals surface area (Å²) in [5, 5.41) is 0. The van der Waals surface area contributed by atoms with E-state index in [2.05, 4.69) is 13.8 Å². The van der Waals surface area contributed by atoms with Gasteiger partial charge in [0, 0.05) is 12.8 Å². The Labute approximate surface area is 254 Å². The Bertz CT molecular complexity index is 480. The van der Waals surface area contributed by atoms with Gasteiger partial charge in [-0.2, -0.15) is 0 Å². The fourth-order valence-corrected chi connectivity index (χ4v) is 5.16. The minimum atomic E-state index is -0.325. The number of carbonyl (C=O) groups excluding carboxylic acids is 2. The van der Waals surface area contributed by atoms with Crippen LogP contribution in [-0.4, -0.2) is 35.0 Å². The number of rotatable bonds is 30. The third-order valence-corrected chi connectivity index (χ3v) is 7.70. The molecule has 4 heteroatoms. The predicted octanol–water partition coefficient (Wildman–Crippen LogP) is 10.9. The molecule has 0 amide bonds. The normalized spacial score (nSPS) is 10.9. The summed E-state index contributed by atoms with van der Waals surface area (Å²) in [5.41, 5.74) is 0. The van der Waals surface area contributed by atoms with Crippen molar-refractivity contribution in [3.8, 4) is 0 Å². The second-order valence-corrected chi connectivity index (χ2v) is 11.5. The zero-order valence-electron chi connectivity index (χ0n) is 25.4. The molecule has 224 valence electrons. The van der Waals surface area contributed by atoms with E-state index >= 15 is 0 Å². The Balaban J connectivity index is 0. The van der Waals surface area contributed by atoms with Gasteiger partial charge in [-0.15, -0.1) is 0 Å². The zero-order valence-corrected chi connectivity index (χ0v) is 25.4. The van der Waals surface area contributed by atoms with E-state index in [1.54, 1.807) is 0 Å². The second kappa shape index (κ2) is 34.9. The van der Waals surface area contributed by atoms with Crippen molar-refractivity contribution in [3.05, 3.63) is 0 Å². The van der Waals surface area contributed by atoms with E-state index in [4.69, 9.17) is 4.74 Å². The molecule has 0 rings (SSSR count). The third-order valence-electron chi connectivity index (χ3n) is 7.70.